The number of hydrogen-bond donors (Lipinski definition) is 2. The molecule has 7 nitrogen and oxygen atoms in total. The molecule has 3 aromatic heterocycles. The Bertz CT molecular complexity index is 1520. The number of benzene rings is 1. The van der Waals surface area contributed by atoms with Crippen LogP contribution in [0.3, 0.4) is 0 Å². The van der Waals surface area contributed by atoms with E-state index in [1.54, 1.807) is 19.2 Å². The molecule has 214 valence electrons. The van der Waals surface area contributed by atoms with Crippen molar-refractivity contribution in [3.05, 3.63) is 71.9 Å². The van der Waals surface area contributed by atoms with Crippen LogP contribution in [-0.4, -0.2) is 49.7 Å². The van der Waals surface area contributed by atoms with E-state index in [2.05, 4.69) is 43.4 Å². The van der Waals surface area contributed by atoms with Crippen LogP contribution in [0.1, 0.15) is 86.5 Å². The molecule has 4 aromatic rings. The van der Waals surface area contributed by atoms with E-state index in [0.717, 1.165) is 72.5 Å². The van der Waals surface area contributed by atoms with E-state index >= 15 is 0 Å². The molecule has 2 fully saturated rings. The number of aromatic nitrogens is 4. The number of nitrogens with one attached hydrogen (secondary N) is 2. The summed E-state index contributed by atoms with van der Waals surface area (Å²) in [5, 5.41) is 11.1. The maximum Gasteiger partial charge on any atom is 0.276 e. The van der Waals surface area contributed by atoms with Gasteiger partial charge in [0.15, 0.2) is 5.69 Å². The summed E-state index contributed by atoms with van der Waals surface area (Å²) in [6.45, 7) is 7.18. The summed E-state index contributed by atoms with van der Waals surface area (Å²) in [4.78, 5) is 25.0. The second kappa shape index (κ2) is 11.7. The number of alkyl halides is 1. The van der Waals surface area contributed by atoms with Crippen LogP contribution in [0.25, 0.3) is 22.0 Å². The highest BCUT2D eigenvalue weighted by Gasteiger charge is 2.29. The van der Waals surface area contributed by atoms with Gasteiger partial charge in [0.05, 0.1) is 5.52 Å². The summed E-state index contributed by atoms with van der Waals surface area (Å²) in [6, 6.07) is 11.9. The lowest BCUT2D eigenvalue weighted by Gasteiger charge is -2.30. The summed E-state index contributed by atoms with van der Waals surface area (Å²) in [6.07, 6.45) is 11.7. The Morgan fingerprint density at radius 1 is 1.07 bits per heavy atom. The van der Waals surface area contributed by atoms with E-state index in [4.69, 9.17) is 0 Å². The number of aromatic amines is 1. The van der Waals surface area contributed by atoms with Crippen molar-refractivity contribution in [2.45, 2.75) is 76.9 Å². The Labute approximate surface area is 241 Å². The number of fused-ring (bicyclic) bond motifs is 1. The van der Waals surface area contributed by atoms with Crippen LogP contribution in [-0.2, 0) is 6.54 Å². The topological polar surface area (TPSA) is 86.8 Å². The van der Waals surface area contributed by atoms with Crippen LogP contribution in [0, 0.1) is 5.92 Å². The molecule has 1 amide bonds. The third kappa shape index (κ3) is 6.48. The molecule has 0 radical (unpaired) electrons. The lowest BCUT2D eigenvalue weighted by atomic mass is 9.94. The zero-order valence-electron chi connectivity index (χ0n) is 24.0. The molecule has 8 heteroatoms. The summed E-state index contributed by atoms with van der Waals surface area (Å²) >= 11 is 0. The molecule has 1 saturated carbocycles. The van der Waals surface area contributed by atoms with Crippen molar-refractivity contribution < 1.29 is 9.18 Å². The maximum atomic E-state index is 14.5. The molecule has 2 atom stereocenters. The van der Waals surface area contributed by atoms with Gasteiger partial charge in [0, 0.05) is 53.4 Å². The van der Waals surface area contributed by atoms with Crippen molar-refractivity contribution in [1.29, 1.82) is 0 Å². The van der Waals surface area contributed by atoms with Gasteiger partial charge in [-0.15, -0.1) is 0 Å². The lowest BCUT2D eigenvalue weighted by Crippen LogP contribution is -2.32. The molecule has 2 aliphatic rings. The number of halogens is 1. The van der Waals surface area contributed by atoms with Crippen LogP contribution in [0.5, 0.6) is 0 Å². The first-order valence-corrected chi connectivity index (χ1v) is 14.9. The van der Waals surface area contributed by atoms with Gasteiger partial charge < -0.3 is 5.32 Å². The van der Waals surface area contributed by atoms with Gasteiger partial charge in [-0.2, -0.15) is 5.10 Å². The number of amides is 1. The quantitative estimate of drug-likeness (QED) is 0.245. The number of hydrogen-bond acceptors (Lipinski definition) is 5. The molecule has 2 N–H and O–H groups in total. The van der Waals surface area contributed by atoms with Gasteiger partial charge in [0.2, 0.25) is 0 Å². The second-order valence-corrected chi connectivity index (χ2v) is 12.3. The highest BCUT2D eigenvalue weighted by molar-refractivity contribution is 6.11. The molecule has 2 unspecified atom stereocenters. The van der Waals surface area contributed by atoms with Crippen LogP contribution in [0.4, 0.5) is 10.1 Å². The molecular formula is C33H39FN6O. The monoisotopic (exact) mass is 554 g/mol. The minimum atomic E-state index is -1.11. The number of rotatable bonds is 6. The standard InChI is InChI=1S/C33H39FN6O/c1-22-9-14-40(15-10-22)21-23-16-26(20-35-19-23)25-5-6-29-28(17-25)31(39-38-29)32(41)37-27-8-13-36-30(18-27)24-4-3-11-33(2,34)12-7-24/h5-6,8,13,16-20,22,24H,3-4,7,9-12,14-15,21H2,1-2H3,(H,38,39)(H,36,37,41). The molecular weight excluding hydrogens is 515 g/mol. The SMILES string of the molecule is CC1CCN(Cc2cncc(-c3ccc4[nH]nc(C(=O)Nc5ccnc(C6CCCC(C)(F)CC6)c5)c4c3)c2)CC1. The van der Waals surface area contributed by atoms with Gasteiger partial charge in [-0.1, -0.05) is 13.0 Å². The van der Waals surface area contributed by atoms with E-state index in [9.17, 15) is 9.18 Å². The Morgan fingerprint density at radius 2 is 1.93 bits per heavy atom. The fraction of sp³-hybridized carbons (Fsp3) is 0.455. The molecule has 1 saturated heterocycles. The zero-order chi connectivity index (χ0) is 28.4. The van der Waals surface area contributed by atoms with Crippen molar-refractivity contribution in [1.82, 2.24) is 25.1 Å². The predicted octanol–water partition coefficient (Wildman–Crippen LogP) is 7.28. The predicted molar refractivity (Wildman–Crippen MR) is 161 cm³/mol. The molecule has 4 heterocycles. The van der Waals surface area contributed by atoms with E-state index in [0.29, 0.717) is 24.2 Å². The van der Waals surface area contributed by atoms with Crippen molar-refractivity contribution in [3.63, 3.8) is 0 Å². The van der Waals surface area contributed by atoms with Gasteiger partial charge >= 0.3 is 0 Å². The van der Waals surface area contributed by atoms with Gasteiger partial charge in [0.25, 0.3) is 5.91 Å². The molecule has 0 bridgehead atoms. The Hall–Kier alpha value is -3.65. The average molecular weight is 555 g/mol. The number of anilines is 1. The smallest absolute Gasteiger partial charge is 0.276 e. The van der Waals surface area contributed by atoms with E-state index in [1.807, 2.05) is 36.7 Å². The van der Waals surface area contributed by atoms with Crippen molar-refractivity contribution >= 4 is 22.5 Å². The van der Waals surface area contributed by atoms with Crippen LogP contribution >= 0.6 is 0 Å². The zero-order valence-corrected chi connectivity index (χ0v) is 24.0. The molecule has 1 aliphatic heterocycles. The number of H-pyrrole nitrogens is 1. The molecule has 1 aliphatic carbocycles. The highest BCUT2D eigenvalue weighted by Crippen LogP contribution is 2.37. The van der Waals surface area contributed by atoms with Gasteiger partial charge in [-0.05, 0) is 112 Å². The van der Waals surface area contributed by atoms with E-state index in [-0.39, 0.29) is 11.8 Å². The molecule has 0 spiro atoms. The minimum absolute atomic E-state index is 0.195. The highest BCUT2D eigenvalue weighted by atomic mass is 19.1. The summed E-state index contributed by atoms with van der Waals surface area (Å²) in [5.74, 6) is 0.718. The number of piperidine rings is 1. The van der Waals surface area contributed by atoms with E-state index < -0.39 is 5.67 Å². The number of carbonyl (C=O) groups excluding carboxylic acids is 1. The third-order valence-corrected chi connectivity index (χ3v) is 8.91. The first-order valence-electron chi connectivity index (χ1n) is 14.9. The third-order valence-electron chi connectivity index (χ3n) is 8.91. The summed E-state index contributed by atoms with van der Waals surface area (Å²) < 4.78 is 14.5. The maximum absolute atomic E-state index is 14.5. The molecule has 41 heavy (non-hydrogen) atoms. The Kier molecular flexibility index (Phi) is 7.84. The van der Waals surface area contributed by atoms with Crippen molar-refractivity contribution in [2.24, 2.45) is 5.92 Å². The summed E-state index contributed by atoms with van der Waals surface area (Å²) in [5.41, 5.74) is 4.82. The Balaban J connectivity index is 1.18. The van der Waals surface area contributed by atoms with Gasteiger partial charge in [-0.25, -0.2) is 4.39 Å². The van der Waals surface area contributed by atoms with Crippen LogP contribution < -0.4 is 5.32 Å². The van der Waals surface area contributed by atoms with Crippen molar-refractivity contribution in [2.75, 3.05) is 18.4 Å². The number of nitrogens with zero attached hydrogens (tertiary/aromatic N) is 4. The van der Waals surface area contributed by atoms with Gasteiger partial charge in [-0.3, -0.25) is 24.8 Å². The normalized spacial score (nSPS) is 22.5. The fourth-order valence-corrected chi connectivity index (χ4v) is 6.27. The lowest BCUT2D eigenvalue weighted by molar-refractivity contribution is 0.102. The number of likely N-dealkylation sites (tertiary alicyclic amines) is 1. The fourth-order valence-electron chi connectivity index (χ4n) is 6.27. The molecule has 6 rings (SSSR count). The minimum Gasteiger partial charge on any atom is -0.320 e. The van der Waals surface area contributed by atoms with E-state index in [1.165, 1.54) is 18.4 Å². The number of carbonyl (C=O) groups is 1. The first-order chi connectivity index (χ1) is 19.8. The average Bonchev–Trinajstić information content (AvgIpc) is 3.31. The largest absolute Gasteiger partial charge is 0.320 e. The van der Waals surface area contributed by atoms with Gasteiger partial charge in [0.1, 0.15) is 5.67 Å². The Morgan fingerprint density at radius 3 is 2.78 bits per heavy atom. The van der Waals surface area contributed by atoms with Crippen LogP contribution in [0.2, 0.25) is 0 Å². The first kappa shape index (κ1) is 27.5. The molecule has 1 aromatic carbocycles. The second-order valence-electron chi connectivity index (χ2n) is 12.3. The van der Waals surface area contributed by atoms with Crippen LogP contribution in [0.15, 0.2) is 55.0 Å². The summed E-state index contributed by atoms with van der Waals surface area (Å²) in [7, 11) is 0. The van der Waals surface area contributed by atoms with Crippen molar-refractivity contribution in [3.8, 4) is 11.1 Å². The number of pyridine rings is 2.